The fourth-order valence-electron chi connectivity index (χ4n) is 2.61. The molecule has 0 radical (unpaired) electrons. The van der Waals surface area contributed by atoms with E-state index < -0.39 is 5.97 Å². The van der Waals surface area contributed by atoms with Crippen LogP contribution in [0.5, 0.6) is 5.75 Å². The Hall–Kier alpha value is -2.81. The first-order valence-electron chi connectivity index (χ1n) is 7.55. The van der Waals surface area contributed by atoms with Gasteiger partial charge in [0.25, 0.3) is 0 Å². The summed E-state index contributed by atoms with van der Waals surface area (Å²) in [6, 6.07) is 18.4. The molecule has 0 N–H and O–H groups in total. The lowest BCUT2D eigenvalue weighted by Crippen LogP contribution is -2.21. The molecule has 116 valence electrons. The molecule has 3 nitrogen and oxygen atoms in total. The zero-order valence-electron chi connectivity index (χ0n) is 13.0. The summed E-state index contributed by atoms with van der Waals surface area (Å²) in [6.45, 7) is 5.49. The van der Waals surface area contributed by atoms with E-state index in [4.69, 9.17) is 9.47 Å². The van der Waals surface area contributed by atoms with Crippen molar-refractivity contribution in [2.24, 2.45) is 0 Å². The largest absolute Gasteiger partial charge is 0.488 e. The van der Waals surface area contributed by atoms with E-state index in [1.165, 1.54) is 0 Å². The molecule has 3 aromatic carbocycles. The van der Waals surface area contributed by atoms with Crippen molar-refractivity contribution in [3.8, 4) is 5.75 Å². The quantitative estimate of drug-likeness (QED) is 0.396. The third-order valence-corrected chi connectivity index (χ3v) is 3.67. The topological polar surface area (TPSA) is 35.5 Å². The van der Waals surface area contributed by atoms with Crippen LogP contribution in [0.25, 0.3) is 21.5 Å². The molecule has 3 aromatic rings. The number of rotatable bonds is 5. The van der Waals surface area contributed by atoms with Gasteiger partial charge in [0, 0.05) is 16.8 Å². The van der Waals surface area contributed by atoms with Crippen LogP contribution in [-0.4, -0.2) is 18.7 Å². The predicted molar refractivity (Wildman–Crippen MR) is 92.7 cm³/mol. The fraction of sp³-hybridized carbons (Fsp3) is 0.150. The Bertz CT molecular complexity index is 813. The molecular formula is C20H18O3. The van der Waals surface area contributed by atoms with Gasteiger partial charge in [0.05, 0.1) is 0 Å². The van der Waals surface area contributed by atoms with Crippen molar-refractivity contribution in [2.75, 3.05) is 6.61 Å². The van der Waals surface area contributed by atoms with Crippen molar-refractivity contribution < 1.29 is 14.3 Å². The number of esters is 1. The van der Waals surface area contributed by atoms with Crippen molar-refractivity contribution in [1.29, 1.82) is 0 Å². The Morgan fingerprint density at radius 2 is 1.65 bits per heavy atom. The lowest BCUT2D eigenvalue weighted by atomic mass is 10.0. The maximum atomic E-state index is 11.3. The van der Waals surface area contributed by atoms with Gasteiger partial charge in [-0.15, -0.1) is 0 Å². The molecule has 23 heavy (non-hydrogen) atoms. The van der Waals surface area contributed by atoms with E-state index in [0.29, 0.717) is 0 Å². The molecule has 0 aliphatic carbocycles. The van der Waals surface area contributed by atoms with Gasteiger partial charge in [-0.25, -0.2) is 4.79 Å². The van der Waals surface area contributed by atoms with Gasteiger partial charge in [-0.05, 0) is 23.8 Å². The van der Waals surface area contributed by atoms with Gasteiger partial charge >= 0.3 is 5.97 Å². The monoisotopic (exact) mass is 306 g/mol. The van der Waals surface area contributed by atoms with Gasteiger partial charge in [-0.1, -0.05) is 55.1 Å². The van der Waals surface area contributed by atoms with Crippen LogP contribution in [0.4, 0.5) is 0 Å². The minimum atomic E-state index is -0.441. The molecule has 0 bridgehead atoms. The van der Waals surface area contributed by atoms with Gasteiger partial charge in [-0.2, -0.15) is 0 Å². The summed E-state index contributed by atoms with van der Waals surface area (Å²) in [4.78, 5) is 11.3. The summed E-state index contributed by atoms with van der Waals surface area (Å²) in [5.41, 5.74) is 0. The lowest BCUT2D eigenvalue weighted by molar-refractivity contribution is -0.143. The minimum Gasteiger partial charge on any atom is -0.488 e. The molecule has 0 fully saturated rings. The van der Waals surface area contributed by atoms with E-state index in [1.807, 2.05) is 36.4 Å². The average Bonchev–Trinajstić information content (AvgIpc) is 2.58. The molecule has 1 atom stereocenters. The first-order valence-corrected chi connectivity index (χ1v) is 7.55. The van der Waals surface area contributed by atoms with Crippen LogP contribution in [0.1, 0.15) is 6.92 Å². The summed E-state index contributed by atoms with van der Waals surface area (Å²) in [7, 11) is 0. The molecule has 3 heteroatoms. The predicted octanol–water partition coefficient (Wildman–Crippen LogP) is 4.49. The van der Waals surface area contributed by atoms with E-state index in [1.54, 1.807) is 6.92 Å². The third kappa shape index (κ3) is 3.19. The van der Waals surface area contributed by atoms with Crippen molar-refractivity contribution >= 4 is 27.5 Å². The van der Waals surface area contributed by atoms with Gasteiger partial charge in [0.15, 0.2) is 0 Å². The van der Waals surface area contributed by atoms with E-state index in [2.05, 4.69) is 24.8 Å². The van der Waals surface area contributed by atoms with Crippen molar-refractivity contribution in [3.63, 3.8) is 0 Å². The van der Waals surface area contributed by atoms with Crippen LogP contribution >= 0.6 is 0 Å². The highest BCUT2D eigenvalue weighted by molar-refractivity contribution is 6.05. The van der Waals surface area contributed by atoms with Crippen LogP contribution in [0.15, 0.2) is 67.3 Å². The zero-order chi connectivity index (χ0) is 16.2. The second-order valence-corrected chi connectivity index (χ2v) is 5.41. The first-order chi connectivity index (χ1) is 11.2. The second-order valence-electron chi connectivity index (χ2n) is 5.41. The summed E-state index contributed by atoms with van der Waals surface area (Å²) >= 11 is 0. The maximum absolute atomic E-state index is 11.3. The average molecular weight is 306 g/mol. The molecular weight excluding hydrogens is 288 g/mol. The van der Waals surface area contributed by atoms with Crippen LogP contribution in [0.2, 0.25) is 0 Å². The zero-order valence-corrected chi connectivity index (χ0v) is 13.0. The minimum absolute atomic E-state index is 0.289. The number of hydrogen-bond donors (Lipinski definition) is 0. The van der Waals surface area contributed by atoms with Crippen molar-refractivity contribution in [2.45, 2.75) is 13.0 Å². The Labute approximate surface area is 135 Å². The fourth-order valence-corrected chi connectivity index (χ4v) is 2.61. The number of carbonyl (C=O) groups excluding carboxylic acids is 1. The molecule has 0 saturated carbocycles. The van der Waals surface area contributed by atoms with E-state index >= 15 is 0 Å². The third-order valence-electron chi connectivity index (χ3n) is 3.67. The summed E-state index contributed by atoms with van der Waals surface area (Å²) in [6.07, 6.45) is 0.808. The molecule has 0 aliphatic heterocycles. The Morgan fingerprint density at radius 3 is 2.22 bits per heavy atom. The number of fused-ring (bicyclic) bond motifs is 2. The van der Waals surface area contributed by atoms with Gasteiger partial charge in [0.1, 0.15) is 18.5 Å². The number of hydrogen-bond acceptors (Lipinski definition) is 3. The van der Waals surface area contributed by atoms with E-state index in [-0.39, 0.29) is 12.7 Å². The van der Waals surface area contributed by atoms with Crippen LogP contribution in [-0.2, 0) is 9.53 Å². The molecule has 3 rings (SSSR count). The highest BCUT2D eigenvalue weighted by atomic mass is 16.6. The molecule has 1 unspecified atom stereocenters. The Kier molecular flexibility index (Phi) is 4.29. The first kappa shape index (κ1) is 15.1. The lowest BCUT2D eigenvalue weighted by Gasteiger charge is -2.16. The number of carbonyl (C=O) groups is 1. The van der Waals surface area contributed by atoms with Crippen LogP contribution < -0.4 is 4.74 Å². The van der Waals surface area contributed by atoms with Gasteiger partial charge in [-0.3, -0.25) is 0 Å². The van der Waals surface area contributed by atoms with Crippen molar-refractivity contribution in [3.05, 3.63) is 67.3 Å². The number of ether oxygens (including phenoxy) is 2. The van der Waals surface area contributed by atoms with Crippen molar-refractivity contribution in [1.82, 2.24) is 0 Å². The molecule has 0 heterocycles. The highest BCUT2D eigenvalue weighted by Crippen LogP contribution is 2.34. The SMILES string of the molecule is C=CC(=O)OC(C)COc1c2ccccc2cc2ccccc12. The Morgan fingerprint density at radius 1 is 1.09 bits per heavy atom. The van der Waals surface area contributed by atoms with Crippen LogP contribution in [0, 0.1) is 0 Å². The standard InChI is InChI=1S/C20H18O3/c1-3-19(21)23-14(2)13-22-20-17-10-6-4-8-15(17)12-16-9-5-7-11-18(16)20/h3-12,14H,1,13H2,2H3. The molecule has 0 spiro atoms. The van der Waals surface area contributed by atoms with Gasteiger partial charge < -0.3 is 9.47 Å². The van der Waals surface area contributed by atoms with E-state index in [0.717, 1.165) is 33.4 Å². The van der Waals surface area contributed by atoms with E-state index in [9.17, 15) is 4.79 Å². The summed E-state index contributed by atoms with van der Waals surface area (Å²) < 4.78 is 11.2. The highest BCUT2D eigenvalue weighted by Gasteiger charge is 2.12. The second kappa shape index (κ2) is 6.53. The molecule has 0 saturated heterocycles. The summed E-state index contributed by atoms with van der Waals surface area (Å²) in [5.74, 6) is 0.379. The maximum Gasteiger partial charge on any atom is 0.330 e. The molecule has 0 amide bonds. The van der Waals surface area contributed by atoms with Gasteiger partial charge in [0.2, 0.25) is 0 Å². The normalized spacial score (nSPS) is 12.0. The smallest absolute Gasteiger partial charge is 0.330 e. The van der Waals surface area contributed by atoms with Crippen LogP contribution in [0.3, 0.4) is 0 Å². The molecule has 0 aromatic heterocycles. The summed E-state index contributed by atoms with van der Waals surface area (Å²) in [5, 5.41) is 4.34. The Balaban J connectivity index is 1.97. The molecule has 0 aliphatic rings. The number of benzene rings is 3.